The zero-order valence-electron chi connectivity index (χ0n) is 7.08. The first-order chi connectivity index (χ1) is 6.62. The summed E-state index contributed by atoms with van der Waals surface area (Å²) >= 11 is 5.50. The van der Waals surface area contributed by atoms with Crippen molar-refractivity contribution in [1.29, 1.82) is 0 Å². The van der Waals surface area contributed by atoms with Crippen molar-refractivity contribution in [3.05, 3.63) is 23.2 Å². The number of nitrogens with two attached hydrogens (primary N) is 1. The first-order valence-corrected chi connectivity index (χ1v) is 6.78. The molecular formula is C6H6ClNO5S2. The molecule has 0 aliphatic heterocycles. The lowest BCUT2D eigenvalue weighted by Gasteiger charge is -2.03. The van der Waals surface area contributed by atoms with Gasteiger partial charge in [0.05, 0.1) is 9.92 Å². The molecule has 0 aromatic heterocycles. The maximum absolute atomic E-state index is 10.9. The van der Waals surface area contributed by atoms with Crippen LogP contribution in [-0.2, 0) is 20.1 Å². The van der Waals surface area contributed by atoms with Crippen molar-refractivity contribution in [2.75, 3.05) is 0 Å². The van der Waals surface area contributed by atoms with E-state index >= 15 is 0 Å². The van der Waals surface area contributed by atoms with Gasteiger partial charge in [-0.1, -0.05) is 11.6 Å². The molecule has 6 nitrogen and oxygen atoms in total. The van der Waals surface area contributed by atoms with Crippen molar-refractivity contribution in [2.24, 2.45) is 5.14 Å². The van der Waals surface area contributed by atoms with Gasteiger partial charge in [-0.05, 0) is 18.2 Å². The molecule has 0 radical (unpaired) electrons. The van der Waals surface area contributed by atoms with Gasteiger partial charge in [0.25, 0.3) is 10.1 Å². The lowest BCUT2D eigenvalue weighted by atomic mass is 10.4. The number of hydrogen-bond acceptors (Lipinski definition) is 4. The van der Waals surface area contributed by atoms with E-state index in [2.05, 4.69) is 0 Å². The van der Waals surface area contributed by atoms with Crippen molar-refractivity contribution in [1.82, 2.24) is 0 Å². The molecule has 0 saturated carbocycles. The Morgan fingerprint density at radius 3 is 2.13 bits per heavy atom. The molecule has 1 rings (SSSR count). The lowest BCUT2D eigenvalue weighted by molar-refractivity contribution is 0.483. The largest absolute Gasteiger partial charge is 0.294 e. The highest BCUT2D eigenvalue weighted by atomic mass is 35.5. The molecule has 9 heteroatoms. The number of sulfonamides is 1. The summed E-state index contributed by atoms with van der Waals surface area (Å²) in [5.74, 6) is 0. The van der Waals surface area contributed by atoms with E-state index in [4.69, 9.17) is 21.3 Å². The molecule has 0 unspecified atom stereocenters. The summed E-state index contributed by atoms with van der Waals surface area (Å²) in [5, 5.41) is 4.56. The second-order valence-electron chi connectivity index (χ2n) is 2.61. The summed E-state index contributed by atoms with van der Waals surface area (Å²) in [6, 6.07) is 2.67. The van der Waals surface area contributed by atoms with Gasteiger partial charge in [-0.3, -0.25) is 4.55 Å². The van der Waals surface area contributed by atoms with Crippen LogP contribution in [0.15, 0.2) is 28.0 Å². The van der Waals surface area contributed by atoms with Gasteiger partial charge in [0, 0.05) is 0 Å². The first kappa shape index (κ1) is 12.4. The molecule has 0 aliphatic rings. The van der Waals surface area contributed by atoms with Gasteiger partial charge < -0.3 is 0 Å². The molecule has 0 heterocycles. The second kappa shape index (κ2) is 3.72. The van der Waals surface area contributed by atoms with Crippen LogP contribution < -0.4 is 5.14 Å². The van der Waals surface area contributed by atoms with Gasteiger partial charge in [-0.25, -0.2) is 13.6 Å². The van der Waals surface area contributed by atoms with Crippen molar-refractivity contribution in [3.8, 4) is 0 Å². The Kier molecular flexibility index (Phi) is 3.08. The SMILES string of the molecule is NS(=O)(=O)c1cc(S(=O)(=O)O)ccc1Cl. The van der Waals surface area contributed by atoms with Gasteiger partial charge in [0.1, 0.15) is 4.90 Å². The molecule has 0 aliphatic carbocycles. The van der Waals surface area contributed by atoms with E-state index < -0.39 is 29.9 Å². The van der Waals surface area contributed by atoms with Crippen molar-refractivity contribution in [2.45, 2.75) is 9.79 Å². The third kappa shape index (κ3) is 2.89. The number of rotatable bonds is 2. The smallest absolute Gasteiger partial charge is 0.282 e. The van der Waals surface area contributed by atoms with Crippen molar-refractivity contribution >= 4 is 31.7 Å². The van der Waals surface area contributed by atoms with Crippen LogP contribution in [0.5, 0.6) is 0 Å². The van der Waals surface area contributed by atoms with E-state index in [-0.39, 0.29) is 5.02 Å². The molecule has 1 aromatic rings. The monoisotopic (exact) mass is 271 g/mol. The fourth-order valence-corrected chi connectivity index (χ4v) is 2.51. The molecule has 0 atom stereocenters. The Bertz CT molecular complexity index is 592. The summed E-state index contributed by atoms with van der Waals surface area (Å²) in [7, 11) is -8.60. The molecular weight excluding hydrogens is 266 g/mol. The van der Waals surface area contributed by atoms with E-state index in [9.17, 15) is 16.8 Å². The van der Waals surface area contributed by atoms with Crippen LogP contribution >= 0.6 is 11.6 Å². The van der Waals surface area contributed by atoms with Crippen LogP contribution in [0.1, 0.15) is 0 Å². The average molecular weight is 272 g/mol. The van der Waals surface area contributed by atoms with Gasteiger partial charge in [-0.2, -0.15) is 8.42 Å². The summed E-state index contributed by atoms with van der Waals surface area (Å²) in [6.07, 6.45) is 0. The first-order valence-electron chi connectivity index (χ1n) is 3.42. The summed E-state index contributed by atoms with van der Waals surface area (Å²) in [5.41, 5.74) is 0. The minimum absolute atomic E-state index is 0.218. The minimum atomic E-state index is -4.48. The lowest BCUT2D eigenvalue weighted by Crippen LogP contribution is -2.13. The fraction of sp³-hybridized carbons (Fsp3) is 0. The van der Waals surface area contributed by atoms with Gasteiger partial charge in [0.2, 0.25) is 10.0 Å². The summed E-state index contributed by atoms with van der Waals surface area (Å²) in [4.78, 5) is -1.14. The highest BCUT2D eigenvalue weighted by Gasteiger charge is 2.18. The maximum Gasteiger partial charge on any atom is 0.294 e. The van der Waals surface area contributed by atoms with Crippen LogP contribution in [0, 0.1) is 0 Å². The molecule has 1 aromatic carbocycles. The average Bonchev–Trinajstić information content (AvgIpc) is 2.00. The Hall–Kier alpha value is -0.670. The minimum Gasteiger partial charge on any atom is -0.282 e. The van der Waals surface area contributed by atoms with Crippen LogP contribution in [-0.4, -0.2) is 21.4 Å². The van der Waals surface area contributed by atoms with Crippen molar-refractivity contribution in [3.63, 3.8) is 0 Å². The third-order valence-electron chi connectivity index (χ3n) is 1.51. The van der Waals surface area contributed by atoms with Crippen LogP contribution in [0.4, 0.5) is 0 Å². The van der Waals surface area contributed by atoms with E-state index in [0.717, 1.165) is 12.1 Å². The third-order valence-corrected chi connectivity index (χ3v) is 3.75. The molecule has 0 fully saturated rings. The number of hydrogen-bond donors (Lipinski definition) is 2. The van der Waals surface area contributed by atoms with Gasteiger partial charge in [-0.15, -0.1) is 0 Å². The van der Waals surface area contributed by atoms with E-state index in [1.165, 1.54) is 0 Å². The Morgan fingerprint density at radius 2 is 1.73 bits per heavy atom. The molecule has 0 saturated heterocycles. The Morgan fingerprint density at radius 1 is 1.20 bits per heavy atom. The normalized spacial score (nSPS) is 12.7. The molecule has 3 N–H and O–H groups in total. The zero-order valence-corrected chi connectivity index (χ0v) is 9.47. The predicted molar refractivity (Wildman–Crippen MR) is 52.6 cm³/mol. The van der Waals surface area contributed by atoms with Crippen LogP contribution in [0.3, 0.4) is 0 Å². The Balaban J connectivity index is 3.57. The topological polar surface area (TPSA) is 115 Å². The fourth-order valence-electron chi connectivity index (χ4n) is 0.862. The second-order valence-corrected chi connectivity index (χ2v) is 5.97. The maximum atomic E-state index is 10.9. The van der Waals surface area contributed by atoms with E-state index in [0.29, 0.717) is 6.07 Å². The Labute approximate surface area is 91.5 Å². The van der Waals surface area contributed by atoms with Gasteiger partial charge >= 0.3 is 0 Å². The van der Waals surface area contributed by atoms with Crippen molar-refractivity contribution < 1.29 is 21.4 Å². The number of benzene rings is 1. The predicted octanol–water partition coefficient (Wildman–Crippen LogP) is 0.234. The summed E-state index contributed by atoms with van der Waals surface area (Å²) < 4.78 is 52.0. The van der Waals surface area contributed by atoms with Gasteiger partial charge in [0.15, 0.2) is 0 Å². The molecule has 0 spiro atoms. The summed E-state index contributed by atoms with van der Waals surface area (Å²) in [6.45, 7) is 0. The molecule has 0 bridgehead atoms. The van der Waals surface area contributed by atoms with Crippen LogP contribution in [0.2, 0.25) is 5.02 Å². The zero-order chi connectivity index (χ0) is 11.9. The highest BCUT2D eigenvalue weighted by molar-refractivity contribution is 7.89. The quantitative estimate of drug-likeness (QED) is 0.748. The number of primary sulfonamides is 1. The standard InChI is InChI=1S/C6H6ClNO5S2/c7-5-2-1-4(15(11,12)13)3-6(5)14(8,9)10/h1-3H,(H2,8,9,10)(H,11,12,13). The van der Waals surface area contributed by atoms with E-state index in [1.807, 2.05) is 0 Å². The van der Waals surface area contributed by atoms with E-state index in [1.54, 1.807) is 0 Å². The number of halogens is 1. The highest BCUT2D eigenvalue weighted by Crippen LogP contribution is 2.23. The molecule has 84 valence electrons. The molecule has 15 heavy (non-hydrogen) atoms. The molecule has 0 amide bonds. The van der Waals surface area contributed by atoms with Crippen LogP contribution in [0.25, 0.3) is 0 Å².